The van der Waals surface area contributed by atoms with Crippen LogP contribution >= 0.6 is 11.5 Å². The van der Waals surface area contributed by atoms with Crippen molar-refractivity contribution in [2.75, 3.05) is 16.0 Å². The number of benzene rings is 2. The van der Waals surface area contributed by atoms with Gasteiger partial charge in [-0.25, -0.2) is 4.98 Å². The molecule has 2 aromatic carbocycles. The molecular weight excluding hydrogens is 410 g/mol. The molecule has 0 unspecified atom stereocenters. The van der Waals surface area contributed by atoms with E-state index in [1.165, 1.54) is 5.56 Å². The zero-order chi connectivity index (χ0) is 21.8. The summed E-state index contributed by atoms with van der Waals surface area (Å²) in [5.74, 6) is 0.973. The number of nitrogens with one attached hydrogen (secondary N) is 3. The highest BCUT2D eigenvalue weighted by Gasteiger charge is 2.13. The summed E-state index contributed by atoms with van der Waals surface area (Å²) in [5.41, 5.74) is 5.10. The fourth-order valence-electron chi connectivity index (χ4n) is 2.87. The van der Waals surface area contributed by atoms with Gasteiger partial charge >= 0.3 is 0 Å². The molecule has 31 heavy (non-hydrogen) atoms. The lowest BCUT2D eigenvalue weighted by molar-refractivity contribution is 0.103. The van der Waals surface area contributed by atoms with Gasteiger partial charge in [-0.2, -0.15) is 4.98 Å². The van der Waals surface area contributed by atoms with Crippen LogP contribution in [0.2, 0.25) is 0 Å². The molecule has 4 aromatic rings. The van der Waals surface area contributed by atoms with Crippen LogP contribution in [0.5, 0.6) is 0 Å². The Balaban J connectivity index is 1.44. The molecule has 1 amide bonds. The van der Waals surface area contributed by atoms with E-state index >= 15 is 0 Å². The Bertz CT molecular complexity index is 1200. The molecule has 0 aliphatic carbocycles. The third kappa shape index (κ3) is 5.20. The van der Waals surface area contributed by atoms with Gasteiger partial charge in [0.1, 0.15) is 10.7 Å². The van der Waals surface area contributed by atoms with Gasteiger partial charge < -0.3 is 16.0 Å². The quantitative estimate of drug-likeness (QED) is 0.395. The Morgan fingerprint density at radius 2 is 1.48 bits per heavy atom. The summed E-state index contributed by atoms with van der Waals surface area (Å²) in [5, 5.41) is 13.2. The molecule has 3 N–H and O–H groups in total. The molecule has 4 rings (SSSR count). The molecule has 156 valence electrons. The van der Waals surface area contributed by atoms with Crippen molar-refractivity contribution in [3.63, 3.8) is 0 Å². The Hall–Kier alpha value is -3.85. The van der Waals surface area contributed by atoms with Gasteiger partial charge in [0.25, 0.3) is 5.91 Å². The smallest absolute Gasteiger partial charge is 0.269 e. The standard InChI is InChI=1S/C22H21N7OS/c1-13-4-6-18(7-5-13)26-22-23-14(2)12-19(27-22)24-16-8-10-17(11-9-16)25-21(30)20-15(3)28-29-31-20/h4-12H,1-3H3,(H,25,30)(H2,23,24,26,27). The normalized spacial score (nSPS) is 10.5. The van der Waals surface area contributed by atoms with E-state index < -0.39 is 0 Å². The van der Waals surface area contributed by atoms with Gasteiger partial charge in [-0.15, -0.1) is 5.10 Å². The lowest BCUT2D eigenvalue weighted by Crippen LogP contribution is -2.11. The van der Waals surface area contributed by atoms with Gasteiger partial charge in [-0.3, -0.25) is 4.79 Å². The summed E-state index contributed by atoms with van der Waals surface area (Å²) in [6.07, 6.45) is 0. The Morgan fingerprint density at radius 1 is 0.839 bits per heavy atom. The lowest BCUT2D eigenvalue weighted by atomic mass is 10.2. The molecular formula is C22H21N7OS. The van der Waals surface area contributed by atoms with E-state index in [1.54, 1.807) is 6.92 Å². The number of hydrogen-bond acceptors (Lipinski definition) is 8. The maximum absolute atomic E-state index is 12.3. The highest BCUT2D eigenvalue weighted by Crippen LogP contribution is 2.21. The summed E-state index contributed by atoms with van der Waals surface area (Å²) in [7, 11) is 0. The molecule has 0 atom stereocenters. The lowest BCUT2D eigenvalue weighted by Gasteiger charge is -2.11. The molecule has 2 heterocycles. The number of carbonyl (C=O) groups is 1. The summed E-state index contributed by atoms with van der Waals surface area (Å²) in [4.78, 5) is 21.8. The zero-order valence-electron chi connectivity index (χ0n) is 17.3. The van der Waals surface area contributed by atoms with Crippen molar-refractivity contribution in [2.24, 2.45) is 0 Å². The first-order valence-corrected chi connectivity index (χ1v) is 10.4. The van der Waals surface area contributed by atoms with E-state index in [0.29, 0.717) is 28.0 Å². The van der Waals surface area contributed by atoms with Crippen LogP contribution in [0.25, 0.3) is 0 Å². The number of nitrogens with zero attached hydrogens (tertiary/aromatic N) is 4. The van der Waals surface area contributed by atoms with Crippen LogP contribution in [0, 0.1) is 20.8 Å². The summed E-state index contributed by atoms with van der Waals surface area (Å²) >= 11 is 1.08. The van der Waals surface area contributed by atoms with Crippen molar-refractivity contribution in [1.82, 2.24) is 19.6 Å². The maximum atomic E-state index is 12.3. The van der Waals surface area contributed by atoms with Gasteiger partial charge in [-0.1, -0.05) is 22.2 Å². The molecule has 0 aliphatic heterocycles. The summed E-state index contributed by atoms with van der Waals surface area (Å²) in [6, 6.07) is 17.3. The Kier molecular flexibility index (Phi) is 5.85. The monoisotopic (exact) mass is 431 g/mol. The van der Waals surface area contributed by atoms with Crippen molar-refractivity contribution in [3.05, 3.63) is 76.4 Å². The molecule has 2 aromatic heterocycles. The SMILES string of the molecule is Cc1ccc(Nc2nc(C)cc(Nc3ccc(NC(=O)c4snnc4C)cc3)n2)cc1. The van der Waals surface area contributed by atoms with Crippen LogP contribution in [0.4, 0.5) is 28.8 Å². The first kappa shape index (κ1) is 20.4. The van der Waals surface area contributed by atoms with Gasteiger partial charge in [0, 0.05) is 28.8 Å². The molecule has 0 fully saturated rings. The van der Waals surface area contributed by atoms with E-state index in [-0.39, 0.29) is 5.91 Å². The van der Waals surface area contributed by atoms with Gasteiger partial charge in [-0.05, 0) is 68.7 Å². The number of rotatable bonds is 6. The van der Waals surface area contributed by atoms with Crippen molar-refractivity contribution in [2.45, 2.75) is 20.8 Å². The van der Waals surface area contributed by atoms with Crippen LogP contribution in [0.3, 0.4) is 0 Å². The number of amides is 1. The van der Waals surface area contributed by atoms with E-state index in [0.717, 1.165) is 28.6 Å². The minimum absolute atomic E-state index is 0.216. The van der Waals surface area contributed by atoms with E-state index in [4.69, 9.17) is 0 Å². The average molecular weight is 432 g/mol. The van der Waals surface area contributed by atoms with E-state index in [1.807, 2.05) is 68.4 Å². The molecule has 0 radical (unpaired) electrons. The highest BCUT2D eigenvalue weighted by molar-refractivity contribution is 7.08. The molecule has 0 bridgehead atoms. The predicted molar refractivity (Wildman–Crippen MR) is 124 cm³/mol. The minimum atomic E-state index is -0.216. The fourth-order valence-corrected chi connectivity index (χ4v) is 3.42. The number of aromatic nitrogens is 4. The van der Waals surface area contributed by atoms with Crippen LogP contribution < -0.4 is 16.0 Å². The second-order valence-corrected chi connectivity index (χ2v) is 7.81. The third-order valence-electron chi connectivity index (χ3n) is 4.43. The minimum Gasteiger partial charge on any atom is -0.340 e. The Morgan fingerprint density at radius 3 is 2.16 bits per heavy atom. The average Bonchev–Trinajstić information content (AvgIpc) is 3.17. The van der Waals surface area contributed by atoms with Crippen molar-refractivity contribution >= 4 is 46.3 Å². The van der Waals surface area contributed by atoms with Crippen LogP contribution in [-0.2, 0) is 0 Å². The van der Waals surface area contributed by atoms with E-state index in [2.05, 4.69) is 35.5 Å². The molecule has 0 saturated carbocycles. The predicted octanol–water partition coefficient (Wildman–Crippen LogP) is 4.99. The molecule has 0 aliphatic rings. The topological polar surface area (TPSA) is 105 Å². The third-order valence-corrected chi connectivity index (χ3v) is 5.26. The van der Waals surface area contributed by atoms with Crippen LogP contribution in [0.15, 0.2) is 54.6 Å². The molecule has 8 nitrogen and oxygen atoms in total. The Labute approximate surface area is 184 Å². The van der Waals surface area contributed by atoms with Crippen molar-refractivity contribution in [1.29, 1.82) is 0 Å². The molecule has 9 heteroatoms. The van der Waals surface area contributed by atoms with Crippen molar-refractivity contribution < 1.29 is 4.79 Å². The van der Waals surface area contributed by atoms with Crippen molar-refractivity contribution in [3.8, 4) is 0 Å². The first-order chi connectivity index (χ1) is 15.0. The number of aryl methyl sites for hydroxylation is 3. The van der Waals surface area contributed by atoms with Crippen LogP contribution in [-0.4, -0.2) is 25.5 Å². The zero-order valence-corrected chi connectivity index (χ0v) is 18.1. The largest absolute Gasteiger partial charge is 0.340 e. The van der Waals surface area contributed by atoms with Crippen LogP contribution in [0.1, 0.15) is 26.6 Å². The van der Waals surface area contributed by atoms with Gasteiger partial charge in [0.15, 0.2) is 0 Å². The summed E-state index contributed by atoms with van der Waals surface area (Å²) < 4.78 is 3.79. The fraction of sp³-hybridized carbons (Fsp3) is 0.136. The maximum Gasteiger partial charge on any atom is 0.269 e. The molecule has 0 saturated heterocycles. The second kappa shape index (κ2) is 8.88. The highest BCUT2D eigenvalue weighted by atomic mass is 32.1. The number of carbonyl (C=O) groups excluding carboxylic acids is 1. The molecule has 0 spiro atoms. The van der Waals surface area contributed by atoms with E-state index in [9.17, 15) is 4.79 Å². The first-order valence-electron chi connectivity index (χ1n) is 9.63. The number of hydrogen-bond donors (Lipinski definition) is 3. The summed E-state index contributed by atoms with van der Waals surface area (Å²) in [6.45, 7) is 5.72. The van der Waals surface area contributed by atoms with Gasteiger partial charge in [0.2, 0.25) is 5.95 Å². The second-order valence-electron chi connectivity index (χ2n) is 7.05. The number of anilines is 5. The van der Waals surface area contributed by atoms with Gasteiger partial charge in [0.05, 0.1) is 5.69 Å².